The van der Waals surface area contributed by atoms with Gasteiger partial charge in [0.05, 0.1) is 0 Å². The van der Waals surface area contributed by atoms with Crippen LogP contribution in [0.15, 0.2) is 40.9 Å². The van der Waals surface area contributed by atoms with Crippen LogP contribution in [0.3, 0.4) is 0 Å². The van der Waals surface area contributed by atoms with Crippen LogP contribution in [0.2, 0.25) is 0 Å². The number of nitrogens with one attached hydrogen (secondary N) is 1. The Morgan fingerprint density at radius 2 is 1.89 bits per heavy atom. The standard InChI is InChI=1S/C15H18BrNS/c1-11(9-13-4-6-14(16)7-5-13)17-10-15-8-3-12(2)18-15/h3-8,11,17H,9-10H2,1-2H3. The zero-order valence-electron chi connectivity index (χ0n) is 10.7. The predicted octanol–water partition coefficient (Wildman–Crippen LogP) is 4.54. The van der Waals surface area contributed by atoms with Crippen molar-refractivity contribution in [3.05, 3.63) is 56.2 Å². The van der Waals surface area contributed by atoms with Gasteiger partial charge < -0.3 is 5.32 Å². The zero-order chi connectivity index (χ0) is 13.0. The molecule has 1 atom stereocenters. The first-order valence-electron chi connectivity index (χ1n) is 6.16. The van der Waals surface area contributed by atoms with Gasteiger partial charge in [0.15, 0.2) is 0 Å². The van der Waals surface area contributed by atoms with E-state index in [1.807, 2.05) is 11.3 Å². The molecule has 0 bridgehead atoms. The van der Waals surface area contributed by atoms with Crippen molar-refractivity contribution in [3.63, 3.8) is 0 Å². The molecule has 2 aromatic rings. The minimum Gasteiger partial charge on any atom is -0.309 e. The van der Waals surface area contributed by atoms with Gasteiger partial charge in [0, 0.05) is 26.8 Å². The molecular weight excluding hydrogens is 306 g/mol. The van der Waals surface area contributed by atoms with Gasteiger partial charge in [-0.1, -0.05) is 28.1 Å². The quantitative estimate of drug-likeness (QED) is 0.851. The number of halogens is 1. The number of benzene rings is 1. The predicted molar refractivity (Wildman–Crippen MR) is 83.2 cm³/mol. The molecule has 0 fully saturated rings. The minimum absolute atomic E-state index is 0.494. The summed E-state index contributed by atoms with van der Waals surface area (Å²) in [5.41, 5.74) is 1.38. The maximum absolute atomic E-state index is 3.57. The summed E-state index contributed by atoms with van der Waals surface area (Å²) in [5.74, 6) is 0. The second-order valence-corrected chi connectivity index (χ2v) is 6.91. The monoisotopic (exact) mass is 323 g/mol. The molecule has 0 aliphatic heterocycles. The second kappa shape index (κ2) is 6.50. The second-order valence-electron chi connectivity index (χ2n) is 4.62. The SMILES string of the molecule is Cc1ccc(CNC(C)Cc2ccc(Br)cc2)s1. The van der Waals surface area contributed by atoms with E-state index in [2.05, 4.69) is 71.5 Å². The topological polar surface area (TPSA) is 12.0 Å². The maximum Gasteiger partial charge on any atom is 0.0302 e. The molecule has 1 N–H and O–H groups in total. The molecule has 1 aromatic heterocycles. The molecule has 0 saturated heterocycles. The highest BCUT2D eigenvalue weighted by atomic mass is 79.9. The van der Waals surface area contributed by atoms with Crippen LogP contribution in [-0.4, -0.2) is 6.04 Å². The summed E-state index contributed by atoms with van der Waals surface area (Å²) in [6, 6.07) is 13.4. The van der Waals surface area contributed by atoms with Gasteiger partial charge in [-0.25, -0.2) is 0 Å². The molecule has 18 heavy (non-hydrogen) atoms. The van der Waals surface area contributed by atoms with Gasteiger partial charge in [0.1, 0.15) is 0 Å². The van der Waals surface area contributed by atoms with Crippen LogP contribution >= 0.6 is 27.3 Å². The minimum atomic E-state index is 0.494. The average Bonchev–Trinajstić information content (AvgIpc) is 2.76. The van der Waals surface area contributed by atoms with E-state index in [1.54, 1.807) is 0 Å². The van der Waals surface area contributed by atoms with Gasteiger partial charge >= 0.3 is 0 Å². The highest BCUT2D eigenvalue weighted by Crippen LogP contribution is 2.15. The number of rotatable bonds is 5. The fraction of sp³-hybridized carbons (Fsp3) is 0.333. The summed E-state index contributed by atoms with van der Waals surface area (Å²) in [5, 5.41) is 3.57. The highest BCUT2D eigenvalue weighted by Gasteiger charge is 2.04. The molecular formula is C15H18BrNS. The molecule has 1 heterocycles. The van der Waals surface area contributed by atoms with Gasteiger partial charge in [-0.2, -0.15) is 0 Å². The van der Waals surface area contributed by atoms with Crippen molar-refractivity contribution in [2.24, 2.45) is 0 Å². The van der Waals surface area contributed by atoms with Crippen LogP contribution in [0.25, 0.3) is 0 Å². The average molecular weight is 324 g/mol. The molecule has 0 amide bonds. The van der Waals surface area contributed by atoms with Crippen molar-refractivity contribution in [2.75, 3.05) is 0 Å². The fourth-order valence-electron chi connectivity index (χ4n) is 1.90. The third-order valence-electron chi connectivity index (χ3n) is 2.88. The lowest BCUT2D eigenvalue weighted by Gasteiger charge is -2.13. The Morgan fingerprint density at radius 3 is 2.50 bits per heavy atom. The van der Waals surface area contributed by atoms with E-state index in [0.717, 1.165) is 17.4 Å². The lowest BCUT2D eigenvalue weighted by atomic mass is 10.1. The molecule has 1 aromatic carbocycles. The van der Waals surface area contributed by atoms with Crippen LogP contribution in [-0.2, 0) is 13.0 Å². The largest absolute Gasteiger partial charge is 0.309 e. The van der Waals surface area contributed by atoms with Crippen molar-refractivity contribution in [2.45, 2.75) is 32.9 Å². The Hall–Kier alpha value is -0.640. The molecule has 3 heteroatoms. The number of hydrogen-bond acceptors (Lipinski definition) is 2. The molecule has 0 spiro atoms. The third kappa shape index (κ3) is 4.23. The molecule has 0 aliphatic rings. The van der Waals surface area contributed by atoms with E-state index in [0.29, 0.717) is 6.04 Å². The Labute approximate surface area is 121 Å². The van der Waals surface area contributed by atoms with E-state index in [4.69, 9.17) is 0 Å². The van der Waals surface area contributed by atoms with Gasteiger partial charge in [-0.05, 0) is 50.1 Å². The summed E-state index contributed by atoms with van der Waals surface area (Å²) < 4.78 is 1.14. The lowest BCUT2D eigenvalue weighted by Crippen LogP contribution is -2.27. The molecule has 0 saturated carbocycles. The summed E-state index contributed by atoms with van der Waals surface area (Å²) in [7, 11) is 0. The van der Waals surface area contributed by atoms with Crippen LogP contribution in [0.1, 0.15) is 22.2 Å². The summed E-state index contributed by atoms with van der Waals surface area (Å²) in [4.78, 5) is 2.79. The van der Waals surface area contributed by atoms with Crippen LogP contribution in [0.4, 0.5) is 0 Å². The normalized spacial score (nSPS) is 12.6. The first-order chi connectivity index (χ1) is 8.63. The third-order valence-corrected chi connectivity index (χ3v) is 4.41. The molecule has 0 radical (unpaired) electrons. The van der Waals surface area contributed by atoms with E-state index >= 15 is 0 Å². The van der Waals surface area contributed by atoms with Crippen molar-refractivity contribution >= 4 is 27.3 Å². The Balaban J connectivity index is 1.81. The summed E-state index contributed by atoms with van der Waals surface area (Å²) in [6.07, 6.45) is 1.07. The molecule has 1 unspecified atom stereocenters. The summed E-state index contributed by atoms with van der Waals surface area (Å²) in [6.45, 7) is 5.36. The van der Waals surface area contributed by atoms with Crippen LogP contribution < -0.4 is 5.32 Å². The first kappa shape index (κ1) is 13.8. The van der Waals surface area contributed by atoms with E-state index in [9.17, 15) is 0 Å². The molecule has 0 aliphatic carbocycles. The fourth-order valence-corrected chi connectivity index (χ4v) is 3.01. The Bertz CT molecular complexity index is 489. The van der Waals surface area contributed by atoms with Crippen molar-refractivity contribution in [1.82, 2.24) is 5.32 Å². The van der Waals surface area contributed by atoms with Crippen molar-refractivity contribution in [1.29, 1.82) is 0 Å². The number of aryl methyl sites for hydroxylation is 1. The first-order valence-corrected chi connectivity index (χ1v) is 7.77. The van der Waals surface area contributed by atoms with Crippen molar-refractivity contribution < 1.29 is 0 Å². The number of hydrogen-bond donors (Lipinski definition) is 1. The smallest absolute Gasteiger partial charge is 0.0302 e. The molecule has 1 nitrogen and oxygen atoms in total. The summed E-state index contributed by atoms with van der Waals surface area (Å²) >= 11 is 5.33. The zero-order valence-corrected chi connectivity index (χ0v) is 13.1. The maximum atomic E-state index is 3.57. The van der Waals surface area contributed by atoms with E-state index in [-0.39, 0.29) is 0 Å². The van der Waals surface area contributed by atoms with Crippen molar-refractivity contribution in [3.8, 4) is 0 Å². The Kier molecular flexibility index (Phi) is 4.98. The molecule has 2 rings (SSSR count). The molecule has 96 valence electrons. The number of thiophene rings is 1. The lowest BCUT2D eigenvalue weighted by molar-refractivity contribution is 0.549. The van der Waals surface area contributed by atoms with E-state index < -0.39 is 0 Å². The van der Waals surface area contributed by atoms with Gasteiger partial charge in [0.25, 0.3) is 0 Å². The van der Waals surface area contributed by atoms with Gasteiger partial charge in [0.2, 0.25) is 0 Å². The Morgan fingerprint density at radius 1 is 1.17 bits per heavy atom. The van der Waals surface area contributed by atoms with Crippen LogP contribution in [0.5, 0.6) is 0 Å². The van der Waals surface area contributed by atoms with Crippen LogP contribution in [0, 0.1) is 6.92 Å². The van der Waals surface area contributed by atoms with Gasteiger partial charge in [-0.15, -0.1) is 11.3 Å². The highest BCUT2D eigenvalue weighted by molar-refractivity contribution is 9.10. The van der Waals surface area contributed by atoms with Gasteiger partial charge in [-0.3, -0.25) is 0 Å². The van der Waals surface area contributed by atoms with E-state index in [1.165, 1.54) is 15.3 Å².